The third kappa shape index (κ3) is 2.25. The summed E-state index contributed by atoms with van der Waals surface area (Å²) in [4.78, 5) is 17.9. The van der Waals surface area contributed by atoms with Gasteiger partial charge in [0.05, 0.1) is 5.69 Å². The van der Waals surface area contributed by atoms with E-state index in [1.807, 2.05) is 13.8 Å². The molecule has 2 aromatic rings. The number of nitrogens with zero attached hydrogens (tertiary/aromatic N) is 1. The van der Waals surface area contributed by atoms with Crippen LogP contribution in [-0.2, 0) is 5.41 Å². The van der Waals surface area contributed by atoms with Gasteiger partial charge in [-0.15, -0.1) is 0 Å². The zero-order valence-electron chi connectivity index (χ0n) is 9.70. The van der Waals surface area contributed by atoms with Gasteiger partial charge in [0.15, 0.2) is 0 Å². The normalized spacial score (nSPS) is 11.5. The molecule has 0 fully saturated rings. The van der Waals surface area contributed by atoms with Crippen molar-refractivity contribution in [1.29, 1.82) is 0 Å². The van der Waals surface area contributed by atoms with Crippen molar-refractivity contribution < 1.29 is 4.39 Å². The topological polar surface area (TPSA) is 45.8 Å². The van der Waals surface area contributed by atoms with Crippen LogP contribution in [0.5, 0.6) is 0 Å². The van der Waals surface area contributed by atoms with E-state index in [9.17, 15) is 9.18 Å². The summed E-state index contributed by atoms with van der Waals surface area (Å²) in [5.74, 6) is -0.520. The first kappa shape index (κ1) is 11.5. The van der Waals surface area contributed by atoms with Gasteiger partial charge in [0, 0.05) is 17.2 Å². The Kier molecular flexibility index (Phi) is 2.79. The van der Waals surface area contributed by atoms with Gasteiger partial charge in [0.1, 0.15) is 0 Å². The quantitative estimate of drug-likeness (QED) is 0.807. The van der Waals surface area contributed by atoms with Gasteiger partial charge < -0.3 is 4.98 Å². The Morgan fingerprint density at radius 2 is 1.88 bits per heavy atom. The molecule has 0 saturated carbocycles. The van der Waals surface area contributed by atoms with Crippen molar-refractivity contribution in [3.05, 3.63) is 64.1 Å². The van der Waals surface area contributed by atoms with Crippen molar-refractivity contribution in [2.75, 3.05) is 0 Å². The monoisotopic (exact) mass is 232 g/mol. The summed E-state index contributed by atoms with van der Waals surface area (Å²) in [7, 11) is 0. The molecule has 0 aliphatic heterocycles. The average molecular weight is 232 g/mol. The maximum absolute atomic E-state index is 13.1. The molecule has 0 aliphatic rings. The Morgan fingerprint density at radius 3 is 2.53 bits per heavy atom. The van der Waals surface area contributed by atoms with Crippen LogP contribution in [0, 0.1) is 5.95 Å². The largest absolute Gasteiger partial charge is 0.325 e. The smallest absolute Gasteiger partial charge is 0.248 e. The van der Waals surface area contributed by atoms with Crippen molar-refractivity contribution in [2.24, 2.45) is 0 Å². The lowest BCUT2D eigenvalue weighted by atomic mass is 9.85. The molecule has 88 valence electrons. The Hall–Kier alpha value is -1.97. The van der Waals surface area contributed by atoms with Gasteiger partial charge in [-0.05, 0) is 32.0 Å². The number of aromatic amines is 1. The third-order valence-corrected chi connectivity index (χ3v) is 2.80. The average Bonchev–Trinajstić information content (AvgIpc) is 2.29. The lowest BCUT2D eigenvalue weighted by Gasteiger charge is -2.23. The maximum Gasteiger partial charge on any atom is 0.248 e. The van der Waals surface area contributed by atoms with Gasteiger partial charge in [-0.2, -0.15) is 4.39 Å². The molecule has 2 heterocycles. The van der Waals surface area contributed by atoms with Crippen LogP contribution in [0.25, 0.3) is 0 Å². The van der Waals surface area contributed by atoms with Crippen LogP contribution < -0.4 is 5.56 Å². The molecule has 0 atom stereocenters. The van der Waals surface area contributed by atoms with Crippen LogP contribution >= 0.6 is 0 Å². The molecule has 0 unspecified atom stereocenters. The SMILES string of the molecule is CC(C)(c1cccc(F)n1)c1cccc(=O)[nH]1. The van der Waals surface area contributed by atoms with Gasteiger partial charge >= 0.3 is 0 Å². The molecule has 0 amide bonds. The van der Waals surface area contributed by atoms with Crippen molar-refractivity contribution in [3.63, 3.8) is 0 Å². The Labute approximate surface area is 98.3 Å². The fourth-order valence-corrected chi connectivity index (χ4v) is 1.71. The van der Waals surface area contributed by atoms with Crippen molar-refractivity contribution in [2.45, 2.75) is 19.3 Å². The second-order valence-electron chi connectivity index (χ2n) is 4.40. The molecular formula is C13H13FN2O. The Morgan fingerprint density at radius 1 is 1.18 bits per heavy atom. The molecule has 1 N–H and O–H groups in total. The van der Waals surface area contributed by atoms with Gasteiger partial charge in [0.25, 0.3) is 0 Å². The number of halogens is 1. The minimum atomic E-state index is -0.539. The van der Waals surface area contributed by atoms with Crippen molar-refractivity contribution in [1.82, 2.24) is 9.97 Å². The highest BCUT2D eigenvalue weighted by Crippen LogP contribution is 2.27. The predicted octanol–water partition coefficient (Wildman–Crippen LogP) is 2.23. The fourth-order valence-electron chi connectivity index (χ4n) is 1.71. The van der Waals surface area contributed by atoms with Gasteiger partial charge in [-0.1, -0.05) is 12.1 Å². The number of hydrogen-bond donors (Lipinski definition) is 1. The second-order valence-corrected chi connectivity index (χ2v) is 4.40. The first-order valence-corrected chi connectivity index (χ1v) is 5.33. The molecule has 0 bridgehead atoms. The summed E-state index contributed by atoms with van der Waals surface area (Å²) < 4.78 is 13.1. The fraction of sp³-hybridized carbons (Fsp3) is 0.231. The molecule has 2 rings (SSSR count). The number of H-pyrrole nitrogens is 1. The molecule has 0 radical (unpaired) electrons. The van der Waals surface area contributed by atoms with Crippen LogP contribution in [-0.4, -0.2) is 9.97 Å². The lowest BCUT2D eigenvalue weighted by molar-refractivity contribution is 0.536. The highest BCUT2D eigenvalue weighted by Gasteiger charge is 2.25. The Balaban J connectivity index is 2.53. The summed E-state index contributed by atoms with van der Waals surface area (Å²) in [6.45, 7) is 3.78. The van der Waals surface area contributed by atoms with E-state index in [1.165, 1.54) is 12.1 Å². The van der Waals surface area contributed by atoms with Crippen LogP contribution in [0.1, 0.15) is 25.2 Å². The van der Waals surface area contributed by atoms with E-state index in [-0.39, 0.29) is 5.56 Å². The maximum atomic E-state index is 13.1. The standard InChI is InChI=1S/C13H13FN2O/c1-13(2,9-5-3-7-11(14)15-9)10-6-4-8-12(17)16-10/h3-8H,1-2H3,(H,16,17). The van der Waals surface area contributed by atoms with E-state index in [0.717, 1.165) is 0 Å². The predicted molar refractivity (Wildman–Crippen MR) is 63.4 cm³/mol. The summed E-state index contributed by atoms with van der Waals surface area (Å²) in [6, 6.07) is 9.57. The van der Waals surface area contributed by atoms with Crippen LogP contribution in [0.2, 0.25) is 0 Å². The Bertz CT molecular complexity index is 590. The minimum Gasteiger partial charge on any atom is -0.325 e. The lowest BCUT2D eigenvalue weighted by Crippen LogP contribution is -2.25. The van der Waals surface area contributed by atoms with Crippen molar-refractivity contribution in [3.8, 4) is 0 Å². The number of pyridine rings is 2. The number of hydrogen-bond acceptors (Lipinski definition) is 2. The van der Waals surface area contributed by atoms with Crippen LogP contribution in [0.15, 0.2) is 41.2 Å². The molecule has 4 heteroatoms. The molecule has 0 saturated heterocycles. The highest BCUT2D eigenvalue weighted by molar-refractivity contribution is 5.28. The summed E-state index contributed by atoms with van der Waals surface area (Å²) >= 11 is 0. The second kappa shape index (κ2) is 4.13. The van der Waals surface area contributed by atoms with Crippen molar-refractivity contribution >= 4 is 0 Å². The molecule has 3 nitrogen and oxygen atoms in total. The van der Waals surface area contributed by atoms with Gasteiger partial charge in [-0.3, -0.25) is 4.79 Å². The third-order valence-electron chi connectivity index (χ3n) is 2.80. The molecule has 17 heavy (non-hydrogen) atoms. The van der Waals surface area contributed by atoms with E-state index in [2.05, 4.69) is 9.97 Å². The highest BCUT2D eigenvalue weighted by atomic mass is 19.1. The molecular weight excluding hydrogens is 219 g/mol. The van der Waals surface area contributed by atoms with Crippen LogP contribution in [0.3, 0.4) is 0 Å². The summed E-state index contributed by atoms with van der Waals surface area (Å²) in [5.41, 5.74) is 0.581. The van der Waals surface area contributed by atoms with E-state index in [4.69, 9.17) is 0 Å². The minimum absolute atomic E-state index is 0.174. The zero-order chi connectivity index (χ0) is 12.5. The van der Waals surface area contributed by atoms with Gasteiger partial charge in [0.2, 0.25) is 11.5 Å². The first-order valence-electron chi connectivity index (χ1n) is 5.33. The van der Waals surface area contributed by atoms with E-state index >= 15 is 0 Å². The number of rotatable bonds is 2. The van der Waals surface area contributed by atoms with E-state index in [0.29, 0.717) is 11.4 Å². The summed E-state index contributed by atoms with van der Waals surface area (Å²) in [6.07, 6.45) is 0. The van der Waals surface area contributed by atoms with E-state index in [1.54, 1.807) is 24.3 Å². The zero-order valence-corrected chi connectivity index (χ0v) is 9.70. The molecule has 0 aromatic carbocycles. The number of aromatic nitrogens is 2. The summed E-state index contributed by atoms with van der Waals surface area (Å²) in [5, 5.41) is 0. The molecule has 2 aromatic heterocycles. The molecule has 0 aliphatic carbocycles. The van der Waals surface area contributed by atoms with E-state index < -0.39 is 11.4 Å². The van der Waals surface area contributed by atoms with Gasteiger partial charge in [-0.25, -0.2) is 4.98 Å². The number of nitrogens with one attached hydrogen (secondary N) is 1. The van der Waals surface area contributed by atoms with Crippen LogP contribution in [0.4, 0.5) is 4.39 Å². The first-order chi connectivity index (χ1) is 8.00. The molecule has 0 spiro atoms.